The first-order valence-corrected chi connectivity index (χ1v) is 8.39. The largest absolute Gasteiger partial charge is 0.360 e. The summed E-state index contributed by atoms with van der Waals surface area (Å²) < 4.78 is 0. The quantitative estimate of drug-likeness (QED) is 0.805. The van der Waals surface area contributed by atoms with Gasteiger partial charge in [0.25, 0.3) is 0 Å². The van der Waals surface area contributed by atoms with E-state index in [2.05, 4.69) is 40.2 Å². The van der Waals surface area contributed by atoms with E-state index in [0.29, 0.717) is 11.0 Å². The summed E-state index contributed by atoms with van der Waals surface area (Å²) in [6.07, 6.45) is 2.31. The molecule has 1 heterocycles. The molecule has 0 unspecified atom stereocenters. The first-order chi connectivity index (χ1) is 10.9. The molecule has 0 saturated carbocycles. The van der Waals surface area contributed by atoms with Gasteiger partial charge in [0, 0.05) is 25.4 Å². The van der Waals surface area contributed by atoms with Crippen molar-refractivity contribution in [1.29, 1.82) is 0 Å². The van der Waals surface area contributed by atoms with E-state index in [-0.39, 0.29) is 0 Å². The number of nitrogens with one attached hydrogen (secondary N) is 1. The molecule has 0 saturated heterocycles. The Hall–Kier alpha value is -1.81. The fourth-order valence-corrected chi connectivity index (χ4v) is 2.87. The Bertz CT molecular complexity index is 662. The number of aryl methyl sites for hydroxylation is 3. The lowest BCUT2D eigenvalue weighted by Gasteiger charge is -2.19. The third-order valence-electron chi connectivity index (χ3n) is 3.75. The molecule has 0 bridgehead atoms. The number of benzene rings is 1. The SMILES string of the molecule is CCCCN(C)c1cc(C)nc(Nc2c(C)cc(C)cc2Cl)n1. The first kappa shape index (κ1) is 17.5. The molecule has 2 rings (SSSR count). The van der Waals surface area contributed by atoms with Gasteiger partial charge in [0.15, 0.2) is 0 Å². The van der Waals surface area contributed by atoms with Crippen LogP contribution < -0.4 is 10.2 Å². The molecule has 0 amide bonds. The molecule has 1 aromatic carbocycles. The van der Waals surface area contributed by atoms with Gasteiger partial charge in [0.05, 0.1) is 10.7 Å². The maximum Gasteiger partial charge on any atom is 0.229 e. The summed E-state index contributed by atoms with van der Waals surface area (Å²) in [6, 6.07) is 6.05. The molecular weight excluding hydrogens is 308 g/mol. The van der Waals surface area contributed by atoms with Crippen LogP contribution in [0.4, 0.5) is 17.5 Å². The van der Waals surface area contributed by atoms with Crippen LogP contribution in [0.25, 0.3) is 0 Å². The summed E-state index contributed by atoms with van der Waals surface area (Å²) in [5.74, 6) is 1.51. The zero-order valence-electron chi connectivity index (χ0n) is 14.6. The summed E-state index contributed by atoms with van der Waals surface area (Å²) in [5, 5.41) is 3.97. The van der Waals surface area contributed by atoms with E-state index in [1.807, 2.05) is 32.9 Å². The normalized spacial score (nSPS) is 10.7. The summed E-state index contributed by atoms with van der Waals surface area (Å²) >= 11 is 6.37. The number of nitrogens with zero attached hydrogens (tertiary/aromatic N) is 3. The van der Waals surface area contributed by atoms with Crippen molar-refractivity contribution in [3.8, 4) is 0 Å². The van der Waals surface area contributed by atoms with Gasteiger partial charge in [-0.1, -0.05) is 31.0 Å². The van der Waals surface area contributed by atoms with Gasteiger partial charge in [0.1, 0.15) is 5.82 Å². The second-order valence-corrected chi connectivity index (χ2v) is 6.44. The molecule has 4 nitrogen and oxygen atoms in total. The van der Waals surface area contributed by atoms with Gasteiger partial charge in [-0.3, -0.25) is 0 Å². The van der Waals surface area contributed by atoms with Gasteiger partial charge in [-0.15, -0.1) is 0 Å². The molecule has 0 aliphatic rings. The third kappa shape index (κ3) is 4.58. The summed E-state index contributed by atoms with van der Waals surface area (Å²) in [5.41, 5.74) is 4.02. The van der Waals surface area contributed by atoms with Crippen molar-refractivity contribution < 1.29 is 0 Å². The highest BCUT2D eigenvalue weighted by Crippen LogP contribution is 2.29. The Morgan fingerprint density at radius 2 is 1.87 bits per heavy atom. The van der Waals surface area contributed by atoms with E-state index in [1.165, 1.54) is 0 Å². The van der Waals surface area contributed by atoms with Crippen molar-refractivity contribution in [2.75, 3.05) is 23.8 Å². The van der Waals surface area contributed by atoms with Crippen LogP contribution in [0, 0.1) is 20.8 Å². The molecule has 0 aliphatic heterocycles. The van der Waals surface area contributed by atoms with Crippen LogP contribution in [0.2, 0.25) is 5.02 Å². The molecule has 0 radical (unpaired) electrons. The Kier molecular flexibility index (Phi) is 5.83. The fourth-order valence-electron chi connectivity index (χ4n) is 2.50. The molecule has 0 fully saturated rings. The molecule has 1 N–H and O–H groups in total. The maximum absolute atomic E-state index is 6.37. The van der Waals surface area contributed by atoms with Gasteiger partial charge in [-0.2, -0.15) is 4.98 Å². The smallest absolute Gasteiger partial charge is 0.229 e. The number of aromatic nitrogens is 2. The van der Waals surface area contributed by atoms with E-state index < -0.39 is 0 Å². The molecule has 0 spiro atoms. The first-order valence-electron chi connectivity index (χ1n) is 8.01. The van der Waals surface area contributed by atoms with Crippen molar-refractivity contribution in [2.24, 2.45) is 0 Å². The average molecular weight is 333 g/mol. The van der Waals surface area contributed by atoms with E-state index in [9.17, 15) is 0 Å². The lowest BCUT2D eigenvalue weighted by atomic mass is 10.1. The highest BCUT2D eigenvalue weighted by atomic mass is 35.5. The molecule has 23 heavy (non-hydrogen) atoms. The number of unbranched alkanes of at least 4 members (excludes halogenated alkanes) is 1. The van der Waals surface area contributed by atoms with Crippen molar-refractivity contribution in [2.45, 2.75) is 40.5 Å². The second kappa shape index (κ2) is 7.64. The topological polar surface area (TPSA) is 41.1 Å². The van der Waals surface area contributed by atoms with Crippen LogP contribution in [0.1, 0.15) is 36.6 Å². The highest BCUT2D eigenvalue weighted by molar-refractivity contribution is 6.33. The van der Waals surface area contributed by atoms with Crippen molar-refractivity contribution in [3.63, 3.8) is 0 Å². The number of hydrogen-bond acceptors (Lipinski definition) is 4. The Balaban J connectivity index is 2.29. The molecule has 1 aromatic heterocycles. The number of halogens is 1. The molecule has 5 heteroatoms. The number of anilines is 3. The molecule has 124 valence electrons. The second-order valence-electron chi connectivity index (χ2n) is 6.03. The van der Waals surface area contributed by atoms with E-state index >= 15 is 0 Å². The van der Waals surface area contributed by atoms with Gasteiger partial charge >= 0.3 is 0 Å². The van der Waals surface area contributed by atoms with Gasteiger partial charge in [-0.25, -0.2) is 4.98 Å². The van der Waals surface area contributed by atoms with Gasteiger partial charge < -0.3 is 10.2 Å². The summed E-state index contributed by atoms with van der Waals surface area (Å²) in [6.45, 7) is 9.22. The van der Waals surface area contributed by atoms with Crippen molar-refractivity contribution >= 4 is 29.1 Å². The predicted molar refractivity (Wildman–Crippen MR) is 99.2 cm³/mol. The molecule has 0 atom stereocenters. The Labute approximate surface area is 143 Å². The highest BCUT2D eigenvalue weighted by Gasteiger charge is 2.10. The summed E-state index contributed by atoms with van der Waals surface area (Å²) in [4.78, 5) is 11.3. The Morgan fingerprint density at radius 3 is 2.52 bits per heavy atom. The Morgan fingerprint density at radius 1 is 1.13 bits per heavy atom. The third-order valence-corrected chi connectivity index (χ3v) is 4.05. The number of hydrogen-bond donors (Lipinski definition) is 1. The minimum Gasteiger partial charge on any atom is -0.360 e. The zero-order chi connectivity index (χ0) is 17.0. The van der Waals surface area contributed by atoms with Crippen LogP contribution in [-0.2, 0) is 0 Å². The van der Waals surface area contributed by atoms with Crippen molar-refractivity contribution in [3.05, 3.63) is 40.0 Å². The van der Waals surface area contributed by atoms with Crippen LogP contribution in [0.5, 0.6) is 0 Å². The van der Waals surface area contributed by atoms with Crippen molar-refractivity contribution in [1.82, 2.24) is 9.97 Å². The molecule has 2 aromatic rings. The summed E-state index contributed by atoms with van der Waals surface area (Å²) in [7, 11) is 2.06. The number of rotatable bonds is 6. The van der Waals surface area contributed by atoms with Crippen LogP contribution in [0.15, 0.2) is 18.2 Å². The lowest BCUT2D eigenvalue weighted by molar-refractivity contribution is 0.758. The van der Waals surface area contributed by atoms with E-state index in [4.69, 9.17) is 11.6 Å². The maximum atomic E-state index is 6.37. The standard InChI is InChI=1S/C18H25ClN4/c1-6-7-8-23(5)16-11-14(4)20-18(21-16)22-17-13(3)9-12(2)10-15(17)19/h9-11H,6-8H2,1-5H3,(H,20,21,22). The van der Waals surface area contributed by atoms with Gasteiger partial charge in [0.2, 0.25) is 5.95 Å². The zero-order valence-corrected chi connectivity index (χ0v) is 15.3. The van der Waals surface area contributed by atoms with Crippen LogP contribution >= 0.6 is 11.6 Å². The predicted octanol–water partition coefficient (Wildman–Crippen LogP) is 5.04. The minimum atomic E-state index is 0.581. The van der Waals surface area contributed by atoms with E-state index in [1.54, 1.807) is 0 Å². The molecular formula is C18H25ClN4. The van der Waals surface area contributed by atoms with Crippen LogP contribution in [-0.4, -0.2) is 23.6 Å². The molecule has 0 aliphatic carbocycles. The minimum absolute atomic E-state index is 0.581. The fraction of sp³-hybridized carbons (Fsp3) is 0.444. The monoisotopic (exact) mass is 332 g/mol. The van der Waals surface area contributed by atoms with Crippen LogP contribution in [0.3, 0.4) is 0 Å². The van der Waals surface area contributed by atoms with Gasteiger partial charge in [-0.05, 0) is 44.4 Å². The van der Waals surface area contributed by atoms with E-state index in [0.717, 1.165) is 47.7 Å². The lowest BCUT2D eigenvalue weighted by Crippen LogP contribution is -2.20. The average Bonchev–Trinajstić information content (AvgIpc) is 2.48.